The van der Waals surface area contributed by atoms with Crippen LogP contribution in [-0.4, -0.2) is 61.7 Å². The summed E-state index contributed by atoms with van der Waals surface area (Å²) < 4.78 is 0. The zero-order chi connectivity index (χ0) is 12.1. The molecule has 1 aliphatic heterocycles. The van der Waals surface area contributed by atoms with Crippen molar-refractivity contribution >= 4 is 0 Å². The number of hydrogen-bond donors (Lipinski definition) is 1. The third kappa shape index (κ3) is 4.57. The number of hydrogen-bond acceptors (Lipinski definition) is 3. The van der Waals surface area contributed by atoms with E-state index in [-0.39, 0.29) is 0 Å². The molecule has 2 fully saturated rings. The molecule has 1 heterocycles. The second kappa shape index (κ2) is 6.72. The van der Waals surface area contributed by atoms with Crippen molar-refractivity contribution < 1.29 is 0 Å². The van der Waals surface area contributed by atoms with Gasteiger partial charge in [-0.25, -0.2) is 0 Å². The lowest BCUT2D eigenvalue weighted by Gasteiger charge is -2.38. The van der Waals surface area contributed by atoms with Gasteiger partial charge < -0.3 is 10.2 Å². The summed E-state index contributed by atoms with van der Waals surface area (Å²) in [6.45, 7) is 13.3. The Morgan fingerprint density at radius 3 is 2.47 bits per heavy atom. The lowest BCUT2D eigenvalue weighted by Crippen LogP contribution is -2.50. The highest BCUT2D eigenvalue weighted by atomic mass is 15.3. The van der Waals surface area contributed by atoms with Crippen molar-refractivity contribution in [1.82, 2.24) is 15.1 Å². The van der Waals surface area contributed by atoms with E-state index >= 15 is 0 Å². The molecule has 0 radical (unpaired) electrons. The fourth-order valence-electron chi connectivity index (χ4n) is 2.72. The first-order valence-electron chi connectivity index (χ1n) is 7.46. The van der Waals surface area contributed by atoms with Crippen molar-refractivity contribution in [3.05, 3.63) is 0 Å². The molecule has 3 heteroatoms. The van der Waals surface area contributed by atoms with Gasteiger partial charge in [0, 0.05) is 38.8 Å². The minimum atomic E-state index is 0.747. The molecule has 0 aromatic rings. The Kier molecular flexibility index (Phi) is 5.26. The maximum Gasteiger partial charge on any atom is 0.0113 e. The summed E-state index contributed by atoms with van der Waals surface area (Å²) in [5.41, 5.74) is 0. The molecule has 2 aliphatic rings. The zero-order valence-corrected chi connectivity index (χ0v) is 11.6. The standard InChI is InChI=1S/C14H29N3/c1-3-15-7-6-13(2)17-10-8-16(9-11-17)12-14-4-5-14/h13-15H,3-12H2,1-2H3. The van der Waals surface area contributed by atoms with Crippen molar-refractivity contribution in [1.29, 1.82) is 0 Å². The molecule has 1 saturated carbocycles. The molecule has 0 aromatic carbocycles. The van der Waals surface area contributed by atoms with Gasteiger partial charge in [0.25, 0.3) is 0 Å². The Morgan fingerprint density at radius 1 is 1.18 bits per heavy atom. The van der Waals surface area contributed by atoms with Crippen LogP contribution >= 0.6 is 0 Å². The third-order valence-corrected chi connectivity index (χ3v) is 4.23. The van der Waals surface area contributed by atoms with E-state index in [0.29, 0.717) is 0 Å². The molecule has 0 bridgehead atoms. The Hall–Kier alpha value is -0.120. The Labute approximate surface area is 107 Å². The van der Waals surface area contributed by atoms with E-state index < -0.39 is 0 Å². The van der Waals surface area contributed by atoms with Gasteiger partial charge in [0.05, 0.1) is 0 Å². The minimum absolute atomic E-state index is 0.747. The highest BCUT2D eigenvalue weighted by molar-refractivity contribution is 4.82. The topological polar surface area (TPSA) is 18.5 Å². The highest BCUT2D eigenvalue weighted by Crippen LogP contribution is 2.30. The van der Waals surface area contributed by atoms with Crippen LogP contribution in [0.25, 0.3) is 0 Å². The van der Waals surface area contributed by atoms with Gasteiger partial charge in [-0.15, -0.1) is 0 Å². The van der Waals surface area contributed by atoms with Crippen LogP contribution in [0, 0.1) is 5.92 Å². The lowest BCUT2D eigenvalue weighted by atomic mass is 10.1. The third-order valence-electron chi connectivity index (χ3n) is 4.23. The molecule has 1 unspecified atom stereocenters. The SMILES string of the molecule is CCNCCC(C)N1CCN(CC2CC2)CC1. The summed E-state index contributed by atoms with van der Waals surface area (Å²) in [4.78, 5) is 5.34. The van der Waals surface area contributed by atoms with E-state index in [4.69, 9.17) is 0 Å². The van der Waals surface area contributed by atoms with Crippen LogP contribution in [0.5, 0.6) is 0 Å². The number of rotatable bonds is 7. The molecule has 0 amide bonds. The van der Waals surface area contributed by atoms with E-state index in [2.05, 4.69) is 29.0 Å². The summed E-state index contributed by atoms with van der Waals surface area (Å²) in [6, 6.07) is 0.747. The second-order valence-electron chi connectivity index (χ2n) is 5.77. The fourth-order valence-corrected chi connectivity index (χ4v) is 2.72. The van der Waals surface area contributed by atoms with Crippen molar-refractivity contribution in [3.8, 4) is 0 Å². The van der Waals surface area contributed by atoms with Gasteiger partial charge >= 0.3 is 0 Å². The Bertz CT molecular complexity index is 208. The first kappa shape index (κ1) is 13.3. The first-order valence-corrected chi connectivity index (χ1v) is 7.46. The average Bonchev–Trinajstić information content (AvgIpc) is 3.14. The van der Waals surface area contributed by atoms with Gasteiger partial charge in [-0.3, -0.25) is 4.90 Å². The van der Waals surface area contributed by atoms with Gasteiger partial charge in [-0.1, -0.05) is 6.92 Å². The Morgan fingerprint density at radius 2 is 1.88 bits per heavy atom. The van der Waals surface area contributed by atoms with E-state index in [1.165, 1.54) is 58.5 Å². The molecule has 3 nitrogen and oxygen atoms in total. The molecule has 1 saturated heterocycles. The van der Waals surface area contributed by atoms with Crippen LogP contribution in [0.2, 0.25) is 0 Å². The molecule has 100 valence electrons. The normalized spacial score (nSPS) is 25.1. The number of nitrogens with zero attached hydrogens (tertiary/aromatic N) is 2. The lowest BCUT2D eigenvalue weighted by molar-refractivity contribution is 0.0960. The van der Waals surface area contributed by atoms with E-state index in [1.807, 2.05) is 0 Å². The van der Waals surface area contributed by atoms with Gasteiger partial charge in [0.2, 0.25) is 0 Å². The maximum absolute atomic E-state index is 3.42. The molecule has 0 spiro atoms. The Balaban J connectivity index is 1.59. The minimum Gasteiger partial charge on any atom is -0.317 e. The van der Waals surface area contributed by atoms with Crippen LogP contribution in [0.1, 0.15) is 33.1 Å². The smallest absolute Gasteiger partial charge is 0.0113 e. The van der Waals surface area contributed by atoms with E-state index in [0.717, 1.165) is 18.5 Å². The molecule has 1 aliphatic carbocycles. The van der Waals surface area contributed by atoms with Crippen LogP contribution in [0.4, 0.5) is 0 Å². The van der Waals surface area contributed by atoms with Crippen LogP contribution < -0.4 is 5.32 Å². The van der Waals surface area contributed by atoms with Crippen molar-refractivity contribution in [2.24, 2.45) is 5.92 Å². The van der Waals surface area contributed by atoms with Crippen molar-refractivity contribution in [2.45, 2.75) is 39.2 Å². The van der Waals surface area contributed by atoms with Gasteiger partial charge in [0.15, 0.2) is 0 Å². The predicted octanol–water partition coefficient (Wildman–Crippen LogP) is 1.40. The summed E-state index contributed by atoms with van der Waals surface area (Å²) in [5.74, 6) is 1.05. The number of nitrogens with one attached hydrogen (secondary N) is 1. The van der Waals surface area contributed by atoms with Gasteiger partial charge in [-0.05, 0) is 45.2 Å². The molecule has 1 atom stereocenters. The monoisotopic (exact) mass is 239 g/mol. The quantitative estimate of drug-likeness (QED) is 0.678. The second-order valence-corrected chi connectivity index (χ2v) is 5.77. The average molecular weight is 239 g/mol. The molecule has 1 N–H and O–H groups in total. The zero-order valence-electron chi connectivity index (χ0n) is 11.6. The van der Waals surface area contributed by atoms with Gasteiger partial charge in [-0.2, -0.15) is 0 Å². The largest absolute Gasteiger partial charge is 0.317 e. The van der Waals surface area contributed by atoms with Crippen LogP contribution in [0.15, 0.2) is 0 Å². The molecule has 17 heavy (non-hydrogen) atoms. The predicted molar refractivity (Wildman–Crippen MR) is 73.4 cm³/mol. The van der Waals surface area contributed by atoms with Crippen LogP contribution in [-0.2, 0) is 0 Å². The summed E-state index contributed by atoms with van der Waals surface area (Å²) in [7, 11) is 0. The fraction of sp³-hybridized carbons (Fsp3) is 1.00. The summed E-state index contributed by atoms with van der Waals surface area (Å²) in [5, 5.41) is 3.42. The molecular weight excluding hydrogens is 210 g/mol. The van der Waals surface area contributed by atoms with E-state index in [9.17, 15) is 0 Å². The van der Waals surface area contributed by atoms with Crippen molar-refractivity contribution in [3.63, 3.8) is 0 Å². The molecule has 2 rings (SSSR count). The van der Waals surface area contributed by atoms with Gasteiger partial charge in [0.1, 0.15) is 0 Å². The summed E-state index contributed by atoms with van der Waals surface area (Å²) >= 11 is 0. The number of piperazine rings is 1. The first-order chi connectivity index (χ1) is 8.29. The van der Waals surface area contributed by atoms with E-state index in [1.54, 1.807) is 0 Å². The maximum atomic E-state index is 3.42. The molecular formula is C14H29N3. The molecule has 0 aromatic heterocycles. The van der Waals surface area contributed by atoms with Crippen molar-refractivity contribution in [2.75, 3.05) is 45.8 Å². The van der Waals surface area contributed by atoms with Crippen LogP contribution in [0.3, 0.4) is 0 Å². The summed E-state index contributed by atoms with van der Waals surface area (Å²) in [6.07, 6.45) is 4.26. The highest BCUT2D eigenvalue weighted by Gasteiger charge is 2.27.